The lowest BCUT2D eigenvalue weighted by atomic mass is 9.64. The monoisotopic (exact) mass is 891 g/mol. The average Bonchev–Trinajstić information content (AvgIpc) is 3.91. The molecule has 10 aromatic carbocycles. The quantitative estimate of drug-likeness (QED) is 0.166. The minimum atomic E-state index is -0.598. The van der Waals surface area contributed by atoms with Gasteiger partial charge in [0.2, 0.25) is 0 Å². The fourth-order valence-corrected chi connectivity index (χ4v) is 11.7. The molecule has 0 bridgehead atoms. The molecule has 0 unspecified atom stereocenters. The number of nitrogens with zero attached hydrogens (tertiary/aromatic N) is 3. The fourth-order valence-electron chi connectivity index (χ4n) is 11.7. The van der Waals surface area contributed by atoms with Gasteiger partial charge in [0, 0.05) is 22.0 Å². The first-order valence-electron chi connectivity index (χ1n) is 24.2. The van der Waals surface area contributed by atoms with Gasteiger partial charge >= 0.3 is 0 Å². The Hall–Kier alpha value is -9.05. The van der Waals surface area contributed by atoms with Crippen molar-refractivity contribution in [1.82, 2.24) is 9.55 Å². The Kier molecular flexibility index (Phi) is 9.02. The largest absolute Gasteiger partial charge is 0.309 e. The Morgan fingerprint density at radius 1 is 0.343 bits per heavy atom. The topological polar surface area (TPSA) is 21.1 Å². The summed E-state index contributed by atoms with van der Waals surface area (Å²) >= 11 is 0. The van der Waals surface area contributed by atoms with E-state index in [1.807, 2.05) is 0 Å². The van der Waals surface area contributed by atoms with E-state index in [9.17, 15) is 0 Å². The summed E-state index contributed by atoms with van der Waals surface area (Å²) in [6.07, 6.45) is 0. The molecule has 3 nitrogen and oxygen atoms in total. The van der Waals surface area contributed by atoms with Gasteiger partial charge in [-0.3, -0.25) is 4.90 Å². The first-order valence-corrected chi connectivity index (χ1v) is 24.2. The molecule has 0 N–H and O–H groups in total. The van der Waals surface area contributed by atoms with E-state index < -0.39 is 5.41 Å². The van der Waals surface area contributed by atoms with Gasteiger partial charge in [0.05, 0.1) is 33.5 Å². The molecular weight excluding hydrogens is 847 g/mol. The predicted molar refractivity (Wildman–Crippen MR) is 291 cm³/mol. The van der Waals surface area contributed by atoms with Crippen LogP contribution in [0.4, 0.5) is 17.2 Å². The second-order valence-electron chi connectivity index (χ2n) is 18.8. The third kappa shape index (κ3) is 6.05. The summed E-state index contributed by atoms with van der Waals surface area (Å²) in [5.74, 6) is 0.880. The number of fused-ring (bicyclic) bond motifs is 12. The SMILES string of the molecule is Cc1ccc(-n2c3ccccc3c3cc(-c4cccc(-c5ccc6c(c5)C5(c7ccccc7-6)c6ccccc6N(c6cc(-c7ccccc7)cc(-c7ccccc7)n6)c6ccccc65)c4)ccc32)cc1. The zero-order chi connectivity index (χ0) is 46.3. The van der Waals surface area contributed by atoms with E-state index >= 15 is 0 Å². The highest BCUT2D eigenvalue weighted by atomic mass is 15.2. The summed E-state index contributed by atoms with van der Waals surface area (Å²) < 4.78 is 2.39. The van der Waals surface area contributed by atoms with Crippen molar-refractivity contribution in [2.24, 2.45) is 0 Å². The highest BCUT2D eigenvalue weighted by molar-refractivity contribution is 6.10. The van der Waals surface area contributed by atoms with Gasteiger partial charge < -0.3 is 4.57 Å². The summed E-state index contributed by atoms with van der Waals surface area (Å²) in [7, 11) is 0. The Balaban J connectivity index is 0.935. The number of aryl methyl sites for hydroxylation is 1. The summed E-state index contributed by atoms with van der Waals surface area (Å²) in [5.41, 5.74) is 23.1. The molecule has 0 saturated heterocycles. The van der Waals surface area contributed by atoms with E-state index in [1.54, 1.807) is 0 Å². The van der Waals surface area contributed by atoms with Crippen molar-refractivity contribution in [1.29, 1.82) is 0 Å². The van der Waals surface area contributed by atoms with Crippen molar-refractivity contribution in [3.05, 3.63) is 283 Å². The molecule has 1 spiro atoms. The van der Waals surface area contributed by atoms with Gasteiger partial charge in [-0.05, 0) is 140 Å². The lowest BCUT2D eigenvalue weighted by Gasteiger charge is -2.44. The molecule has 0 radical (unpaired) electrons. The molecule has 1 aliphatic carbocycles. The van der Waals surface area contributed by atoms with Crippen LogP contribution in [-0.2, 0) is 5.41 Å². The molecule has 2 aliphatic rings. The van der Waals surface area contributed by atoms with E-state index in [1.165, 1.54) is 88.7 Å². The van der Waals surface area contributed by atoms with Crippen LogP contribution in [0.5, 0.6) is 0 Å². The summed E-state index contributed by atoms with van der Waals surface area (Å²) in [5, 5.41) is 2.50. The van der Waals surface area contributed by atoms with E-state index in [0.717, 1.165) is 39.6 Å². The third-order valence-electron chi connectivity index (χ3n) is 14.9. The molecule has 12 aromatic rings. The lowest BCUT2D eigenvalue weighted by molar-refractivity contribution is 0.751. The molecule has 0 fully saturated rings. The van der Waals surface area contributed by atoms with Crippen molar-refractivity contribution >= 4 is 39.0 Å². The van der Waals surface area contributed by atoms with Crippen molar-refractivity contribution in [2.75, 3.05) is 4.90 Å². The average molecular weight is 892 g/mol. The number of pyridine rings is 1. The Morgan fingerprint density at radius 2 is 0.900 bits per heavy atom. The standard InChI is InChI=1S/C67H45N3/c1-44-31-35-52(36-32-44)69-62-28-13-9-24-55(62)56-40-49(34-38-63(56)69)47-21-16-22-48(39-47)50-33-37-54-53-23-8-10-25-57(53)67(60(54)41-50)58-26-11-14-29-64(58)70(65-30-15-12-27-59(65)67)66-43-51(45-17-4-2-5-18-45)42-61(68-66)46-19-6-3-7-20-46/h2-43H,1H3. The van der Waals surface area contributed by atoms with Crippen LogP contribution in [0.15, 0.2) is 255 Å². The summed E-state index contributed by atoms with van der Waals surface area (Å²) in [4.78, 5) is 7.92. The minimum Gasteiger partial charge on any atom is -0.309 e. The second kappa shape index (κ2) is 15.8. The maximum absolute atomic E-state index is 5.52. The maximum atomic E-state index is 5.52. The van der Waals surface area contributed by atoms with Crippen LogP contribution in [0.3, 0.4) is 0 Å². The summed E-state index contributed by atoms with van der Waals surface area (Å²) in [6, 6.07) is 93.6. The zero-order valence-corrected chi connectivity index (χ0v) is 38.6. The molecule has 3 heterocycles. The van der Waals surface area contributed by atoms with Crippen molar-refractivity contribution in [2.45, 2.75) is 12.3 Å². The van der Waals surface area contributed by atoms with Gasteiger partial charge in [-0.15, -0.1) is 0 Å². The van der Waals surface area contributed by atoms with Crippen molar-refractivity contribution in [3.8, 4) is 61.5 Å². The molecule has 0 amide bonds. The van der Waals surface area contributed by atoms with Crippen LogP contribution in [0.25, 0.3) is 83.3 Å². The number of hydrogen-bond acceptors (Lipinski definition) is 2. The van der Waals surface area contributed by atoms with Gasteiger partial charge in [-0.25, -0.2) is 4.98 Å². The van der Waals surface area contributed by atoms with E-state index in [0.29, 0.717) is 0 Å². The number of rotatable bonds is 6. The first-order chi connectivity index (χ1) is 34.6. The fraction of sp³-hybridized carbons (Fsp3) is 0.0299. The molecule has 2 aromatic heterocycles. The predicted octanol–water partition coefficient (Wildman–Crippen LogP) is 17.3. The van der Waals surface area contributed by atoms with E-state index in [2.05, 4.69) is 271 Å². The maximum Gasteiger partial charge on any atom is 0.138 e. The van der Waals surface area contributed by atoms with Crippen LogP contribution in [0, 0.1) is 6.92 Å². The highest BCUT2D eigenvalue weighted by Crippen LogP contribution is 2.63. The van der Waals surface area contributed by atoms with Gasteiger partial charge in [-0.1, -0.05) is 194 Å². The van der Waals surface area contributed by atoms with E-state index in [-0.39, 0.29) is 0 Å². The van der Waals surface area contributed by atoms with Crippen LogP contribution >= 0.6 is 0 Å². The van der Waals surface area contributed by atoms with Gasteiger partial charge in [0.25, 0.3) is 0 Å². The smallest absolute Gasteiger partial charge is 0.138 e. The number of aromatic nitrogens is 2. The normalized spacial score (nSPS) is 13.0. The van der Waals surface area contributed by atoms with Crippen LogP contribution < -0.4 is 4.90 Å². The third-order valence-corrected chi connectivity index (χ3v) is 14.9. The highest BCUT2D eigenvalue weighted by Gasteiger charge is 2.52. The number of anilines is 3. The second-order valence-corrected chi connectivity index (χ2v) is 18.8. The van der Waals surface area contributed by atoms with Crippen LogP contribution in [-0.4, -0.2) is 9.55 Å². The van der Waals surface area contributed by atoms with Crippen LogP contribution in [0.1, 0.15) is 27.8 Å². The molecule has 70 heavy (non-hydrogen) atoms. The molecule has 14 rings (SSSR count). The molecular formula is C67H45N3. The van der Waals surface area contributed by atoms with Gasteiger partial charge in [-0.2, -0.15) is 0 Å². The van der Waals surface area contributed by atoms with Crippen molar-refractivity contribution < 1.29 is 0 Å². The first kappa shape index (κ1) is 40.1. The minimum absolute atomic E-state index is 0.598. The summed E-state index contributed by atoms with van der Waals surface area (Å²) in [6.45, 7) is 2.14. The molecule has 1 aliphatic heterocycles. The van der Waals surface area contributed by atoms with E-state index in [4.69, 9.17) is 4.98 Å². The van der Waals surface area contributed by atoms with Crippen molar-refractivity contribution in [3.63, 3.8) is 0 Å². The zero-order valence-electron chi connectivity index (χ0n) is 38.6. The van der Waals surface area contributed by atoms with Gasteiger partial charge in [0.15, 0.2) is 0 Å². The Labute approximate surface area is 407 Å². The number of para-hydroxylation sites is 3. The Bertz CT molecular complexity index is 3910. The molecule has 0 atom stereocenters. The molecule has 3 heteroatoms. The molecule has 328 valence electrons. The number of benzene rings is 10. The van der Waals surface area contributed by atoms with Crippen LogP contribution in [0.2, 0.25) is 0 Å². The Morgan fingerprint density at radius 3 is 1.64 bits per heavy atom. The lowest BCUT2D eigenvalue weighted by Crippen LogP contribution is -2.36. The van der Waals surface area contributed by atoms with Gasteiger partial charge in [0.1, 0.15) is 5.82 Å². The number of hydrogen-bond donors (Lipinski definition) is 0. The molecule has 0 saturated carbocycles.